The third-order valence-electron chi connectivity index (χ3n) is 13.3. The van der Waals surface area contributed by atoms with Crippen molar-refractivity contribution in [3.8, 4) is 17.6 Å². The van der Waals surface area contributed by atoms with Crippen LogP contribution in [0.4, 0.5) is 5.82 Å². The predicted molar refractivity (Wildman–Crippen MR) is 289 cm³/mol. The number of nitrogens with one attached hydrogen (secondary N) is 1. The van der Waals surface area contributed by atoms with Gasteiger partial charge in [0, 0.05) is 36.9 Å². The van der Waals surface area contributed by atoms with E-state index in [1.165, 1.54) is 11.9 Å². The van der Waals surface area contributed by atoms with Crippen LogP contribution < -0.4 is 14.8 Å². The topological polar surface area (TPSA) is 172 Å². The van der Waals surface area contributed by atoms with Crippen LogP contribution in [0.15, 0.2) is 146 Å². The van der Waals surface area contributed by atoms with Crippen LogP contribution in [0.2, 0.25) is 0 Å². The van der Waals surface area contributed by atoms with Crippen molar-refractivity contribution in [3.05, 3.63) is 179 Å². The lowest BCUT2D eigenvalue weighted by Crippen LogP contribution is -2.39. The molecule has 0 saturated carbocycles. The molecule has 1 amide bonds. The maximum Gasteiger partial charge on any atom is 0.259 e. The van der Waals surface area contributed by atoms with Crippen LogP contribution in [0.3, 0.4) is 0 Å². The molecular formula is C59H66N7O8P. The summed E-state index contributed by atoms with van der Waals surface area (Å²) >= 11 is 0. The molecule has 4 atom stereocenters. The van der Waals surface area contributed by atoms with Crippen LogP contribution >= 0.6 is 8.53 Å². The van der Waals surface area contributed by atoms with Crippen molar-refractivity contribution in [2.45, 2.75) is 109 Å². The van der Waals surface area contributed by atoms with Gasteiger partial charge in [0.15, 0.2) is 17.0 Å². The first kappa shape index (κ1) is 54.4. The molecule has 75 heavy (non-hydrogen) atoms. The Labute approximate surface area is 441 Å². The summed E-state index contributed by atoms with van der Waals surface area (Å²) in [5, 5.41) is 12.5. The van der Waals surface area contributed by atoms with E-state index in [1.807, 2.05) is 102 Å². The van der Waals surface area contributed by atoms with Crippen molar-refractivity contribution in [3.63, 3.8) is 0 Å². The Morgan fingerprint density at radius 3 is 2.01 bits per heavy atom. The minimum absolute atomic E-state index is 0.0546. The maximum atomic E-state index is 13.7. The minimum atomic E-state index is -1.69. The van der Waals surface area contributed by atoms with Gasteiger partial charge in [-0.3, -0.25) is 14.2 Å². The summed E-state index contributed by atoms with van der Waals surface area (Å²) in [6.07, 6.45) is 4.97. The second-order valence-corrected chi connectivity index (χ2v) is 20.4. The summed E-state index contributed by atoms with van der Waals surface area (Å²) in [5.74, 6) is 1.51. The van der Waals surface area contributed by atoms with E-state index in [4.69, 9.17) is 33.0 Å². The second-order valence-electron chi connectivity index (χ2n) is 18.9. The van der Waals surface area contributed by atoms with Gasteiger partial charge in [0.1, 0.15) is 41.5 Å². The molecule has 16 heteroatoms. The summed E-state index contributed by atoms with van der Waals surface area (Å²) < 4.78 is 43.2. The van der Waals surface area contributed by atoms with Crippen LogP contribution in [-0.2, 0) is 41.8 Å². The Hall–Kier alpha value is -6.89. The monoisotopic (exact) mass is 1030 g/mol. The van der Waals surface area contributed by atoms with Crippen molar-refractivity contribution in [2.24, 2.45) is 0 Å². The number of anilines is 1. The number of aryl methyl sites for hydroxylation is 2. The number of carbonyl (C=O) groups is 2. The standard InChI is InChI=1S/C59H66N7O8P/c1-41(2)66(42(3)4)75(72-36-14-35-60)74-52-37-54(73-53(52)38-71-59(46-18-11-8-12-19-46,47-26-31-50(69-5)32-27-47)48-28-33-51(70-6)34-29-48)65-40-63-55-56(61-39-62-57(55)65)64-58(68)45-24-21-44(22-25-45)23-30-49(67)20-13-17-43-15-9-7-10-16-43/h7-12,15-16,18-19,21-22,24-29,31-34,39-42,52-54H,13-14,17,20,23,30,36-38H2,1-6H3,(H,61,62,64,68)/t52-,53-,54-,75?/m1/s1. The lowest BCUT2D eigenvalue weighted by Gasteiger charge is -2.39. The lowest BCUT2D eigenvalue weighted by atomic mass is 9.80. The number of amides is 1. The van der Waals surface area contributed by atoms with Gasteiger partial charge < -0.3 is 33.3 Å². The molecule has 3 heterocycles. The van der Waals surface area contributed by atoms with Crippen LogP contribution in [0, 0.1) is 11.3 Å². The number of imidazole rings is 1. The fraction of sp³-hybridized carbons (Fsp3) is 0.356. The highest BCUT2D eigenvalue weighted by atomic mass is 31.2. The minimum Gasteiger partial charge on any atom is -0.497 e. The number of ether oxygens (including phenoxy) is 4. The number of Topliss-reactive ketones (excluding diaryl/α,β-unsaturated/α-hetero) is 1. The van der Waals surface area contributed by atoms with Crippen LogP contribution in [0.1, 0.15) is 104 Å². The molecule has 2 aromatic heterocycles. The molecule has 1 saturated heterocycles. The Balaban J connectivity index is 1.05. The van der Waals surface area contributed by atoms with E-state index in [0.29, 0.717) is 53.9 Å². The van der Waals surface area contributed by atoms with Crippen molar-refractivity contribution in [1.82, 2.24) is 24.2 Å². The Morgan fingerprint density at radius 2 is 1.40 bits per heavy atom. The molecule has 7 aromatic rings. The largest absolute Gasteiger partial charge is 0.497 e. The second kappa shape index (κ2) is 26.1. The van der Waals surface area contributed by atoms with Crippen LogP contribution in [0.5, 0.6) is 11.5 Å². The molecule has 1 aliphatic heterocycles. The van der Waals surface area contributed by atoms with E-state index < -0.39 is 32.6 Å². The van der Waals surface area contributed by atoms with Gasteiger partial charge in [-0.2, -0.15) is 5.26 Å². The first-order valence-corrected chi connectivity index (χ1v) is 26.7. The van der Waals surface area contributed by atoms with Crippen molar-refractivity contribution in [2.75, 3.05) is 32.8 Å². The van der Waals surface area contributed by atoms with Gasteiger partial charge in [-0.1, -0.05) is 97.1 Å². The molecule has 0 radical (unpaired) electrons. The number of fused-ring (bicyclic) bond motifs is 1. The van der Waals surface area contributed by atoms with Gasteiger partial charge in [-0.05, 0) is 111 Å². The molecule has 1 unspecified atom stereocenters. The van der Waals surface area contributed by atoms with E-state index in [1.54, 1.807) is 32.7 Å². The molecule has 390 valence electrons. The molecule has 1 N–H and O–H groups in total. The predicted octanol–water partition coefficient (Wildman–Crippen LogP) is 11.6. The van der Waals surface area contributed by atoms with Gasteiger partial charge in [0.25, 0.3) is 14.4 Å². The van der Waals surface area contributed by atoms with Gasteiger partial charge in [-0.25, -0.2) is 19.6 Å². The Kier molecular flexibility index (Phi) is 18.9. The van der Waals surface area contributed by atoms with Gasteiger partial charge in [0.05, 0.1) is 52.4 Å². The number of carbonyl (C=O) groups excluding carboxylic acids is 2. The lowest BCUT2D eigenvalue weighted by molar-refractivity contribution is -0.119. The van der Waals surface area contributed by atoms with Crippen molar-refractivity contribution < 1.29 is 37.6 Å². The zero-order valence-corrected chi connectivity index (χ0v) is 44.4. The van der Waals surface area contributed by atoms with Gasteiger partial charge in [0.2, 0.25) is 0 Å². The van der Waals surface area contributed by atoms with E-state index in [2.05, 4.69) is 78.0 Å². The zero-order chi connectivity index (χ0) is 52.7. The molecule has 15 nitrogen and oxygen atoms in total. The molecule has 0 bridgehead atoms. The molecule has 1 fully saturated rings. The third-order valence-corrected chi connectivity index (χ3v) is 15.4. The van der Waals surface area contributed by atoms with Crippen LogP contribution in [-0.4, -0.2) is 87.6 Å². The summed E-state index contributed by atoms with van der Waals surface area (Å²) in [6, 6.07) is 45.6. The highest BCUT2D eigenvalue weighted by molar-refractivity contribution is 7.44. The average molecular weight is 1030 g/mol. The molecule has 0 aliphatic carbocycles. The zero-order valence-electron chi connectivity index (χ0n) is 43.5. The molecule has 8 rings (SSSR count). The highest BCUT2D eigenvalue weighted by Gasteiger charge is 2.45. The van der Waals surface area contributed by atoms with E-state index in [9.17, 15) is 14.9 Å². The van der Waals surface area contributed by atoms with Crippen molar-refractivity contribution >= 4 is 37.2 Å². The third kappa shape index (κ3) is 13.3. The fourth-order valence-corrected chi connectivity index (χ4v) is 11.3. The first-order chi connectivity index (χ1) is 36.5. The fourth-order valence-electron chi connectivity index (χ4n) is 9.52. The number of ketones is 1. The molecule has 0 spiro atoms. The van der Waals surface area contributed by atoms with E-state index in [-0.39, 0.29) is 49.2 Å². The smallest absolute Gasteiger partial charge is 0.259 e. The quantitative estimate of drug-likeness (QED) is 0.0309. The molecule has 1 aliphatic rings. The van der Waals surface area contributed by atoms with Crippen molar-refractivity contribution in [1.29, 1.82) is 5.26 Å². The van der Waals surface area contributed by atoms with Crippen LogP contribution in [0.25, 0.3) is 11.2 Å². The van der Waals surface area contributed by atoms with Gasteiger partial charge in [-0.15, -0.1) is 0 Å². The first-order valence-electron chi connectivity index (χ1n) is 25.5. The normalized spacial score (nSPS) is 16.1. The number of rotatable bonds is 26. The summed E-state index contributed by atoms with van der Waals surface area (Å²) in [5.41, 5.74) is 4.93. The summed E-state index contributed by atoms with van der Waals surface area (Å²) in [7, 11) is 1.59. The molecule has 5 aromatic carbocycles. The Morgan fingerprint density at radius 1 is 0.787 bits per heavy atom. The molecular weight excluding hydrogens is 966 g/mol. The summed E-state index contributed by atoms with van der Waals surface area (Å²) in [4.78, 5) is 40.2. The number of methoxy groups -OCH3 is 2. The Bertz CT molecular complexity index is 2920. The number of nitrogens with zero attached hydrogens (tertiary/aromatic N) is 6. The summed E-state index contributed by atoms with van der Waals surface area (Å²) in [6.45, 7) is 8.65. The van der Waals surface area contributed by atoms with E-state index >= 15 is 0 Å². The number of nitriles is 1. The SMILES string of the molecule is COc1ccc(C(OC[C@H]2O[C@@H](n3cnc4c(NC(=O)c5ccc(CCC(=O)CCCc6ccccc6)cc5)ncnc43)C[C@H]2OP(OCCC#N)N(C(C)C)C(C)C)(c2ccccc2)c2ccc(OC)cc2)cc1. The number of benzene rings is 5. The van der Waals surface area contributed by atoms with E-state index in [0.717, 1.165) is 35.1 Å². The number of aromatic nitrogens is 4. The number of hydrogen-bond acceptors (Lipinski definition) is 13. The average Bonchev–Trinajstić information content (AvgIpc) is 4.06. The maximum absolute atomic E-state index is 13.7. The number of hydrogen-bond donors (Lipinski definition) is 1. The van der Waals surface area contributed by atoms with Gasteiger partial charge >= 0.3 is 0 Å². The highest BCUT2D eigenvalue weighted by Crippen LogP contribution is 2.51.